The molecule has 88 valence electrons. The average molecular weight is 232 g/mol. The van der Waals surface area contributed by atoms with Gasteiger partial charge in [0.1, 0.15) is 0 Å². The van der Waals surface area contributed by atoms with Crippen LogP contribution in [-0.4, -0.2) is 19.0 Å². The van der Waals surface area contributed by atoms with Crippen molar-refractivity contribution in [2.75, 3.05) is 13.2 Å². The second kappa shape index (κ2) is 5.65. The van der Waals surface area contributed by atoms with Crippen LogP contribution in [0.5, 0.6) is 0 Å². The summed E-state index contributed by atoms with van der Waals surface area (Å²) < 4.78 is 43.1. The molecule has 0 aromatic heterocycles. The van der Waals surface area contributed by atoms with Gasteiger partial charge in [0.05, 0.1) is 6.61 Å². The second-order valence-electron chi connectivity index (χ2n) is 3.12. The zero-order valence-electron chi connectivity index (χ0n) is 8.73. The number of halogens is 3. The predicted molar refractivity (Wildman–Crippen MR) is 51.8 cm³/mol. The Labute approximate surface area is 91.0 Å². The van der Waals surface area contributed by atoms with Crippen molar-refractivity contribution in [1.29, 1.82) is 0 Å². The molecule has 0 aliphatic heterocycles. The standard InChI is InChI=1S/C11H11F3O2/c1-2-16-4-3-10(15)7-5-8(12)11(14)9(13)6-7/h5-6H,2-4H2,1H3. The van der Waals surface area contributed by atoms with E-state index in [4.69, 9.17) is 4.74 Å². The third kappa shape index (κ3) is 3.06. The fourth-order valence-electron chi connectivity index (χ4n) is 1.17. The maximum Gasteiger partial charge on any atom is 0.194 e. The number of hydrogen-bond donors (Lipinski definition) is 0. The van der Waals surface area contributed by atoms with E-state index in [0.29, 0.717) is 18.7 Å². The highest BCUT2D eigenvalue weighted by Gasteiger charge is 2.14. The van der Waals surface area contributed by atoms with Gasteiger partial charge in [-0.15, -0.1) is 0 Å². The summed E-state index contributed by atoms with van der Waals surface area (Å²) in [5.41, 5.74) is -0.184. The van der Waals surface area contributed by atoms with Crippen LogP contribution >= 0.6 is 0 Å². The van der Waals surface area contributed by atoms with Gasteiger partial charge in [-0.2, -0.15) is 0 Å². The third-order valence-corrected chi connectivity index (χ3v) is 1.98. The van der Waals surface area contributed by atoms with Gasteiger partial charge in [0, 0.05) is 18.6 Å². The van der Waals surface area contributed by atoms with Crippen LogP contribution in [0, 0.1) is 17.5 Å². The molecule has 2 nitrogen and oxygen atoms in total. The lowest BCUT2D eigenvalue weighted by Crippen LogP contribution is -2.06. The van der Waals surface area contributed by atoms with Gasteiger partial charge in [0.2, 0.25) is 0 Å². The molecule has 0 radical (unpaired) electrons. The summed E-state index contributed by atoms with van der Waals surface area (Å²) in [4.78, 5) is 11.4. The first-order valence-corrected chi connectivity index (χ1v) is 4.81. The van der Waals surface area contributed by atoms with Gasteiger partial charge in [0.15, 0.2) is 23.2 Å². The smallest absolute Gasteiger partial charge is 0.194 e. The first-order valence-electron chi connectivity index (χ1n) is 4.81. The number of carbonyl (C=O) groups excluding carboxylic acids is 1. The van der Waals surface area contributed by atoms with Crippen molar-refractivity contribution in [2.45, 2.75) is 13.3 Å². The molecule has 0 spiro atoms. The Morgan fingerprint density at radius 2 is 1.81 bits per heavy atom. The van der Waals surface area contributed by atoms with Crippen LogP contribution in [0.4, 0.5) is 13.2 Å². The Kier molecular flexibility index (Phi) is 4.49. The number of hydrogen-bond acceptors (Lipinski definition) is 2. The lowest BCUT2D eigenvalue weighted by atomic mass is 10.1. The number of carbonyl (C=O) groups is 1. The molecular formula is C11H11F3O2. The van der Waals surface area contributed by atoms with E-state index in [2.05, 4.69) is 0 Å². The van der Waals surface area contributed by atoms with Crippen LogP contribution in [0.2, 0.25) is 0 Å². The minimum Gasteiger partial charge on any atom is -0.381 e. The number of Topliss-reactive ketones (excluding diaryl/α,β-unsaturated/α-hetero) is 1. The molecule has 0 fully saturated rings. The molecule has 0 amide bonds. The van der Waals surface area contributed by atoms with Gasteiger partial charge >= 0.3 is 0 Å². The summed E-state index contributed by atoms with van der Waals surface area (Å²) in [5, 5.41) is 0. The monoisotopic (exact) mass is 232 g/mol. The lowest BCUT2D eigenvalue weighted by molar-refractivity contribution is 0.0894. The van der Waals surface area contributed by atoms with Crippen LogP contribution < -0.4 is 0 Å². The molecule has 0 bridgehead atoms. The average Bonchev–Trinajstić information content (AvgIpc) is 2.25. The van der Waals surface area contributed by atoms with Crippen LogP contribution in [-0.2, 0) is 4.74 Å². The Bertz CT molecular complexity index is 368. The molecule has 5 heteroatoms. The summed E-state index contributed by atoms with van der Waals surface area (Å²) in [6, 6.07) is 1.37. The van der Waals surface area contributed by atoms with Crippen molar-refractivity contribution in [3.63, 3.8) is 0 Å². The zero-order chi connectivity index (χ0) is 12.1. The molecule has 16 heavy (non-hydrogen) atoms. The Morgan fingerprint density at radius 1 is 1.25 bits per heavy atom. The highest BCUT2D eigenvalue weighted by molar-refractivity contribution is 5.96. The maximum atomic E-state index is 12.8. The molecule has 1 aromatic rings. The van der Waals surface area contributed by atoms with E-state index < -0.39 is 23.2 Å². The quantitative estimate of drug-likeness (QED) is 0.443. The number of ketones is 1. The Balaban J connectivity index is 2.76. The SMILES string of the molecule is CCOCCC(=O)c1cc(F)c(F)c(F)c1. The summed E-state index contributed by atoms with van der Waals surface area (Å²) in [5.74, 6) is -4.77. The zero-order valence-corrected chi connectivity index (χ0v) is 8.73. The van der Waals surface area contributed by atoms with E-state index in [1.165, 1.54) is 0 Å². The van der Waals surface area contributed by atoms with Crippen LogP contribution in [0.3, 0.4) is 0 Å². The lowest BCUT2D eigenvalue weighted by Gasteiger charge is -2.03. The van der Waals surface area contributed by atoms with Crippen molar-refractivity contribution in [3.8, 4) is 0 Å². The minimum atomic E-state index is -1.57. The van der Waals surface area contributed by atoms with Crippen molar-refractivity contribution in [2.24, 2.45) is 0 Å². The molecule has 1 aromatic carbocycles. The third-order valence-electron chi connectivity index (χ3n) is 1.98. The highest BCUT2D eigenvalue weighted by Crippen LogP contribution is 2.14. The Morgan fingerprint density at radius 3 is 2.31 bits per heavy atom. The van der Waals surface area contributed by atoms with E-state index in [0.717, 1.165) is 0 Å². The fourth-order valence-corrected chi connectivity index (χ4v) is 1.17. The highest BCUT2D eigenvalue weighted by atomic mass is 19.2. The van der Waals surface area contributed by atoms with Crippen molar-refractivity contribution in [3.05, 3.63) is 35.1 Å². The molecule has 0 saturated heterocycles. The summed E-state index contributed by atoms with van der Waals surface area (Å²) in [6.45, 7) is 2.40. The van der Waals surface area contributed by atoms with Gasteiger partial charge < -0.3 is 4.74 Å². The van der Waals surface area contributed by atoms with Gasteiger partial charge in [-0.05, 0) is 19.1 Å². The van der Waals surface area contributed by atoms with Crippen LogP contribution in [0.25, 0.3) is 0 Å². The normalized spacial score (nSPS) is 10.5. The first-order chi connectivity index (χ1) is 7.56. The predicted octanol–water partition coefficient (Wildman–Crippen LogP) is 2.71. The van der Waals surface area contributed by atoms with Crippen molar-refractivity contribution in [1.82, 2.24) is 0 Å². The molecule has 0 N–H and O–H groups in total. The molecule has 0 aliphatic carbocycles. The van der Waals surface area contributed by atoms with Crippen LogP contribution in [0.1, 0.15) is 23.7 Å². The maximum absolute atomic E-state index is 12.8. The summed E-state index contributed by atoms with van der Waals surface area (Å²) >= 11 is 0. The number of benzene rings is 1. The van der Waals surface area contributed by atoms with Crippen molar-refractivity contribution < 1.29 is 22.7 Å². The van der Waals surface area contributed by atoms with E-state index in [-0.39, 0.29) is 18.6 Å². The molecular weight excluding hydrogens is 221 g/mol. The molecule has 1 rings (SSSR count). The van der Waals surface area contributed by atoms with E-state index in [1.54, 1.807) is 6.92 Å². The topological polar surface area (TPSA) is 26.3 Å². The second-order valence-corrected chi connectivity index (χ2v) is 3.12. The number of ether oxygens (including phenoxy) is 1. The van der Waals surface area contributed by atoms with E-state index >= 15 is 0 Å². The summed E-state index contributed by atoms with van der Waals surface area (Å²) in [7, 11) is 0. The number of rotatable bonds is 5. The van der Waals surface area contributed by atoms with Gasteiger partial charge in [-0.3, -0.25) is 4.79 Å². The Hall–Kier alpha value is -1.36. The van der Waals surface area contributed by atoms with Gasteiger partial charge in [0.25, 0.3) is 0 Å². The molecule has 0 heterocycles. The molecule has 0 unspecified atom stereocenters. The van der Waals surface area contributed by atoms with Gasteiger partial charge in [-0.25, -0.2) is 13.2 Å². The van der Waals surface area contributed by atoms with E-state index in [1.807, 2.05) is 0 Å². The first kappa shape index (κ1) is 12.7. The van der Waals surface area contributed by atoms with Crippen LogP contribution in [0.15, 0.2) is 12.1 Å². The largest absolute Gasteiger partial charge is 0.381 e. The summed E-state index contributed by atoms with van der Waals surface area (Å²) in [6.07, 6.45) is 0.0123. The fraction of sp³-hybridized carbons (Fsp3) is 0.364. The minimum absolute atomic E-state index is 0.0123. The molecule has 0 saturated carbocycles. The van der Waals surface area contributed by atoms with Gasteiger partial charge in [-0.1, -0.05) is 0 Å². The molecule has 0 aliphatic rings. The van der Waals surface area contributed by atoms with Crippen molar-refractivity contribution >= 4 is 5.78 Å². The molecule has 0 atom stereocenters. The van der Waals surface area contributed by atoms with E-state index in [9.17, 15) is 18.0 Å².